The van der Waals surface area contributed by atoms with Gasteiger partial charge in [0.15, 0.2) is 11.7 Å². The zero-order valence-corrected chi connectivity index (χ0v) is 16.5. The first kappa shape index (κ1) is 20.1. The molecule has 2 aromatic rings. The van der Waals surface area contributed by atoms with Gasteiger partial charge in [0.25, 0.3) is 0 Å². The number of hydrogen-bond acceptors (Lipinski definition) is 4. The van der Waals surface area contributed by atoms with E-state index in [1.54, 1.807) is 0 Å². The minimum absolute atomic E-state index is 0.0726. The Morgan fingerprint density at radius 2 is 2.04 bits per heavy atom. The van der Waals surface area contributed by atoms with Crippen LogP contribution in [0.25, 0.3) is 0 Å². The van der Waals surface area contributed by atoms with Gasteiger partial charge in [0.1, 0.15) is 18.4 Å². The molecular formula is C19H27ClN4O2. The van der Waals surface area contributed by atoms with E-state index in [0.29, 0.717) is 35.7 Å². The molecule has 0 amide bonds. The highest BCUT2D eigenvalue weighted by atomic mass is 35.5. The van der Waals surface area contributed by atoms with Crippen molar-refractivity contribution in [2.45, 2.75) is 46.3 Å². The fourth-order valence-electron chi connectivity index (χ4n) is 2.21. The molecule has 1 aromatic carbocycles. The van der Waals surface area contributed by atoms with E-state index in [0.717, 1.165) is 18.0 Å². The van der Waals surface area contributed by atoms with Crippen molar-refractivity contribution in [1.82, 2.24) is 15.8 Å². The molecule has 0 spiro atoms. The van der Waals surface area contributed by atoms with Gasteiger partial charge < -0.3 is 19.9 Å². The summed E-state index contributed by atoms with van der Waals surface area (Å²) in [7, 11) is 0. The molecule has 2 rings (SSSR count). The van der Waals surface area contributed by atoms with Crippen molar-refractivity contribution in [3.05, 3.63) is 46.8 Å². The lowest BCUT2D eigenvalue weighted by Gasteiger charge is -2.18. The standard InChI is InChI=1S/C19H27ClN4O2/c1-5-21-19(23-12-15-10-17(13(2)3)24-26-15)22-11-14(4)25-18-9-7-6-8-16(18)20/h6-10,13-14H,5,11-12H2,1-4H3,(H2,21,22,23). The van der Waals surface area contributed by atoms with Gasteiger partial charge in [0, 0.05) is 12.6 Å². The molecule has 0 aliphatic heterocycles. The number of nitrogens with one attached hydrogen (secondary N) is 2. The van der Waals surface area contributed by atoms with Crippen LogP contribution in [0.2, 0.25) is 5.02 Å². The van der Waals surface area contributed by atoms with Crippen LogP contribution in [-0.4, -0.2) is 30.3 Å². The Morgan fingerprint density at radius 1 is 1.27 bits per heavy atom. The van der Waals surface area contributed by atoms with E-state index in [1.165, 1.54) is 0 Å². The fourth-order valence-corrected chi connectivity index (χ4v) is 2.39. The van der Waals surface area contributed by atoms with Crippen molar-refractivity contribution in [3.63, 3.8) is 0 Å². The number of aliphatic imine (C=N–C) groups is 1. The Kier molecular flexibility index (Phi) is 7.78. The van der Waals surface area contributed by atoms with Crippen LogP contribution < -0.4 is 15.4 Å². The fraction of sp³-hybridized carbons (Fsp3) is 0.474. The van der Waals surface area contributed by atoms with E-state index in [9.17, 15) is 0 Å². The lowest BCUT2D eigenvalue weighted by atomic mass is 10.1. The Balaban J connectivity index is 1.89. The number of hydrogen-bond donors (Lipinski definition) is 2. The lowest BCUT2D eigenvalue weighted by Crippen LogP contribution is -2.41. The van der Waals surface area contributed by atoms with Gasteiger partial charge in [-0.2, -0.15) is 0 Å². The first-order chi connectivity index (χ1) is 12.5. The molecular weight excluding hydrogens is 352 g/mol. The molecule has 6 nitrogen and oxygen atoms in total. The van der Waals surface area contributed by atoms with Crippen molar-refractivity contribution in [3.8, 4) is 5.75 Å². The predicted molar refractivity (Wildman–Crippen MR) is 105 cm³/mol. The summed E-state index contributed by atoms with van der Waals surface area (Å²) >= 11 is 6.12. The predicted octanol–water partition coefficient (Wildman–Crippen LogP) is 3.97. The van der Waals surface area contributed by atoms with E-state index >= 15 is 0 Å². The number of rotatable bonds is 8. The number of guanidine groups is 1. The third kappa shape index (κ3) is 6.26. The summed E-state index contributed by atoms with van der Waals surface area (Å²) in [6.45, 7) is 9.93. The Bertz CT molecular complexity index is 715. The summed E-state index contributed by atoms with van der Waals surface area (Å²) in [6.07, 6.45) is -0.0726. The van der Waals surface area contributed by atoms with Gasteiger partial charge in [0.05, 0.1) is 17.3 Å². The zero-order chi connectivity index (χ0) is 18.9. The first-order valence-corrected chi connectivity index (χ1v) is 9.26. The molecule has 26 heavy (non-hydrogen) atoms. The van der Waals surface area contributed by atoms with Gasteiger partial charge in [0.2, 0.25) is 0 Å². The van der Waals surface area contributed by atoms with Crippen molar-refractivity contribution in [2.75, 3.05) is 13.1 Å². The van der Waals surface area contributed by atoms with E-state index < -0.39 is 0 Å². The maximum atomic E-state index is 6.12. The molecule has 0 saturated heterocycles. The van der Waals surface area contributed by atoms with Gasteiger partial charge in [-0.25, -0.2) is 4.99 Å². The molecule has 7 heteroatoms. The number of para-hydroxylation sites is 1. The van der Waals surface area contributed by atoms with Gasteiger partial charge in [-0.15, -0.1) is 0 Å². The zero-order valence-electron chi connectivity index (χ0n) is 15.8. The van der Waals surface area contributed by atoms with Crippen LogP contribution >= 0.6 is 11.6 Å². The summed E-state index contributed by atoms with van der Waals surface area (Å²) < 4.78 is 11.2. The largest absolute Gasteiger partial charge is 0.487 e. The van der Waals surface area contributed by atoms with Crippen LogP contribution in [0.15, 0.2) is 39.8 Å². The number of ether oxygens (including phenoxy) is 1. The third-order valence-electron chi connectivity index (χ3n) is 3.63. The minimum atomic E-state index is -0.0726. The third-order valence-corrected chi connectivity index (χ3v) is 3.94. The molecule has 1 aromatic heterocycles. The summed E-state index contributed by atoms with van der Waals surface area (Å²) in [4.78, 5) is 4.53. The molecule has 1 atom stereocenters. The molecule has 1 unspecified atom stereocenters. The molecule has 1 heterocycles. The van der Waals surface area contributed by atoms with Gasteiger partial charge >= 0.3 is 0 Å². The van der Waals surface area contributed by atoms with E-state index in [4.69, 9.17) is 20.9 Å². The van der Waals surface area contributed by atoms with Crippen LogP contribution in [0.3, 0.4) is 0 Å². The number of nitrogens with zero attached hydrogens (tertiary/aromatic N) is 2. The monoisotopic (exact) mass is 378 g/mol. The lowest BCUT2D eigenvalue weighted by molar-refractivity contribution is 0.224. The minimum Gasteiger partial charge on any atom is -0.487 e. The van der Waals surface area contributed by atoms with Gasteiger partial charge in [-0.05, 0) is 31.9 Å². The number of aromatic nitrogens is 1. The summed E-state index contributed by atoms with van der Waals surface area (Å²) in [5.74, 6) is 2.45. The highest BCUT2D eigenvalue weighted by Crippen LogP contribution is 2.24. The first-order valence-electron chi connectivity index (χ1n) is 8.88. The molecule has 2 N–H and O–H groups in total. The normalized spacial score (nSPS) is 12.9. The number of benzene rings is 1. The molecule has 0 saturated carbocycles. The maximum absolute atomic E-state index is 6.12. The van der Waals surface area contributed by atoms with Crippen LogP contribution in [-0.2, 0) is 6.54 Å². The second kappa shape index (κ2) is 10.1. The van der Waals surface area contributed by atoms with E-state index in [-0.39, 0.29) is 6.10 Å². The molecule has 0 bridgehead atoms. The van der Waals surface area contributed by atoms with Crippen LogP contribution in [0.4, 0.5) is 0 Å². The van der Waals surface area contributed by atoms with Crippen molar-refractivity contribution in [2.24, 2.45) is 4.99 Å². The average Bonchev–Trinajstić information content (AvgIpc) is 3.09. The van der Waals surface area contributed by atoms with E-state index in [1.807, 2.05) is 44.2 Å². The Morgan fingerprint density at radius 3 is 2.69 bits per heavy atom. The highest BCUT2D eigenvalue weighted by molar-refractivity contribution is 6.32. The molecule has 0 radical (unpaired) electrons. The second-order valence-corrected chi connectivity index (χ2v) is 6.71. The summed E-state index contributed by atoms with van der Waals surface area (Å²) in [5.41, 5.74) is 0.940. The quantitative estimate of drug-likeness (QED) is 0.537. The van der Waals surface area contributed by atoms with Crippen LogP contribution in [0.5, 0.6) is 5.75 Å². The molecule has 0 aliphatic carbocycles. The summed E-state index contributed by atoms with van der Waals surface area (Å²) in [5, 5.41) is 11.1. The second-order valence-electron chi connectivity index (χ2n) is 6.31. The smallest absolute Gasteiger partial charge is 0.191 e. The summed E-state index contributed by atoms with van der Waals surface area (Å²) in [6, 6.07) is 9.39. The van der Waals surface area contributed by atoms with Crippen molar-refractivity contribution in [1.29, 1.82) is 0 Å². The van der Waals surface area contributed by atoms with Crippen molar-refractivity contribution >= 4 is 17.6 Å². The van der Waals surface area contributed by atoms with Crippen LogP contribution in [0.1, 0.15) is 45.1 Å². The maximum Gasteiger partial charge on any atom is 0.191 e. The highest BCUT2D eigenvalue weighted by Gasteiger charge is 2.10. The van der Waals surface area contributed by atoms with Crippen LogP contribution in [0, 0.1) is 0 Å². The number of halogens is 1. The molecule has 142 valence electrons. The Labute approximate surface area is 160 Å². The topological polar surface area (TPSA) is 71.7 Å². The van der Waals surface area contributed by atoms with E-state index in [2.05, 4.69) is 34.6 Å². The molecule has 0 aliphatic rings. The SMILES string of the molecule is CCNC(=NCc1cc(C(C)C)no1)NCC(C)Oc1ccccc1Cl. The van der Waals surface area contributed by atoms with Gasteiger partial charge in [-0.3, -0.25) is 0 Å². The molecule has 0 fully saturated rings. The van der Waals surface area contributed by atoms with Gasteiger partial charge in [-0.1, -0.05) is 42.7 Å². The average molecular weight is 379 g/mol. The Hall–Kier alpha value is -2.21. The van der Waals surface area contributed by atoms with Crippen molar-refractivity contribution < 1.29 is 9.26 Å².